The van der Waals surface area contributed by atoms with E-state index in [4.69, 9.17) is 0 Å². The van der Waals surface area contributed by atoms with Crippen molar-refractivity contribution in [2.24, 2.45) is 0 Å². The van der Waals surface area contributed by atoms with Crippen molar-refractivity contribution in [3.05, 3.63) is 187 Å². The summed E-state index contributed by atoms with van der Waals surface area (Å²) in [4.78, 5) is 0. The van der Waals surface area contributed by atoms with Crippen LogP contribution >= 0.6 is 0 Å². The summed E-state index contributed by atoms with van der Waals surface area (Å²) < 4.78 is 6.88. The molecule has 0 N–H and O–H groups in total. The van der Waals surface area contributed by atoms with E-state index in [1.165, 1.54) is 10.8 Å². The van der Waals surface area contributed by atoms with E-state index < -0.39 is 0 Å². The van der Waals surface area contributed by atoms with Crippen molar-refractivity contribution in [3.8, 4) is 40.3 Å². The molecule has 3 aromatic heterocycles. The van der Waals surface area contributed by atoms with Crippen LogP contribution in [0.15, 0.2) is 176 Å². The fraction of sp³-hybridized carbons (Fsp3) is 0. The number of fused-ring (bicyclic) bond motifs is 9. The van der Waals surface area contributed by atoms with Crippen LogP contribution in [-0.4, -0.2) is 13.7 Å². The van der Waals surface area contributed by atoms with Gasteiger partial charge in [-0.25, -0.2) is 0 Å². The lowest BCUT2D eigenvalue weighted by Gasteiger charge is -2.19. The molecule has 0 unspecified atom stereocenters. The van der Waals surface area contributed by atoms with Crippen LogP contribution in [0.4, 0.5) is 0 Å². The highest BCUT2D eigenvalue weighted by Crippen LogP contribution is 2.43. The van der Waals surface area contributed by atoms with Crippen molar-refractivity contribution >= 4 is 65.4 Å². The van der Waals surface area contributed by atoms with Gasteiger partial charge in [-0.1, -0.05) is 109 Å². The summed E-state index contributed by atoms with van der Waals surface area (Å²) in [6, 6.07) is 65.9. The molecule has 8 aromatic carbocycles. The second-order valence-corrected chi connectivity index (χ2v) is 13.9. The van der Waals surface area contributed by atoms with Crippen LogP contribution in [0.2, 0.25) is 0 Å². The molecule has 0 atom stereocenters. The van der Waals surface area contributed by atoms with Gasteiger partial charge in [0.15, 0.2) is 0 Å². The third-order valence-corrected chi connectivity index (χ3v) is 11.1. The minimum absolute atomic E-state index is 0.579. The van der Waals surface area contributed by atoms with Crippen LogP contribution in [-0.2, 0) is 0 Å². The molecule has 0 saturated heterocycles. The topological polar surface area (TPSA) is 62.4 Å². The Kier molecular flexibility index (Phi) is 6.61. The van der Waals surface area contributed by atoms with Gasteiger partial charge in [-0.3, -0.25) is 0 Å². The third-order valence-electron chi connectivity index (χ3n) is 11.1. The first-order valence-electron chi connectivity index (χ1n) is 18.3. The zero-order chi connectivity index (χ0) is 36.6. The Balaban J connectivity index is 1.20. The van der Waals surface area contributed by atoms with Crippen LogP contribution in [0, 0.1) is 22.7 Å². The van der Waals surface area contributed by atoms with Crippen molar-refractivity contribution < 1.29 is 0 Å². The van der Waals surface area contributed by atoms with E-state index in [1.807, 2.05) is 36.4 Å². The van der Waals surface area contributed by atoms with Gasteiger partial charge in [0.1, 0.15) is 6.07 Å². The molecule has 0 bridgehead atoms. The van der Waals surface area contributed by atoms with Crippen molar-refractivity contribution in [3.63, 3.8) is 0 Å². The van der Waals surface area contributed by atoms with Gasteiger partial charge in [0, 0.05) is 49.1 Å². The summed E-state index contributed by atoms with van der Waals surface area (Å²) >= 11 is 0. The molecule has 3 heterocycles. The standard InChI is InChI=1S/C50H29N5/c51-30-32-13-12-26-48-49(32)40-19-5-10-25-46(40)54(48)44-23-8-3-17-37(44)39-20-11-14-33(31-52)50(39)55-45-24-9-4-18-38(45)41-29-34(27-28-47(41)55)53-42-21-6-1-15-35(42)36-16-2-7-22-43(36)53/h1-29H. The number of nitriles is 2. The number of benzene rings is 8. The number of nitrogens with zero attached hydrogens (tertiary/aromatic N) is 5. The summed E-state index contributed by atoms with van der Waals surface area (Å²) in [5.41, 5.74) is 12.3. The van der Waals surface area contributed by atoms with Crippen LogP contribution in [0.5, 0.6) is 0 Å². The second-order valence-electron chi connectivity index (χ2n) is 13.9. The molecular formula is C50H29N5. The first-order chi connectivity index (χ1) is 27.2. The van der Waals surface area contributed by atoms with Crippen LogP contribution in [0.25, 0.3) is 93.6 Å². The van der Waals surface area contributed by atoms with Gasteiger partial charge in [-0.05, 0) is 66.7 Å². The van der Waals surface area contributed by atoms with Gasteiger partial charge >= 0.3 is 0 Å². The lowest BCUT2D eigenvalue weighted by Crippen LogP contribution is -2.03. The summed E-state index contributed by atoms with van der Waals surface area (Å²) in [7, 11) is 0. The van der Waals surface area contributed by atoms with Crippen LogP contribution in [0.3, 0.4) is 0 Å². The van der Waals surface area contributed by atoms with Crippen molar-refractivity contribution in [2.45, 2.75) is 0 Å². The lowest BCUT2D eigenvalue weighted by molar-refractivity contribution is 1.15. The van der Waals surface area contributed by atoms with Crippen molar-refractivity contribution in [1.29, 1.82) is 10.5 Å². The molecule has 0 fully saturated rings. The van der Waals surface area contributed by atoms with Gasteiger partial charge in [-0.15, -0.1) is 0 Å². The van der Waals surface area contributed by atoms with E-state index in [-0.39, 0.29) is 0 Å². The van der Waals surface area contributed by atoms with E-state index in [0.29, 0.717) is 11.1 Å². The maximum Gasteiger partial charge on any atom is 0.101 e. The Labute approximate surface area is 316 Å². The smallest absolute Gasteiger partial charge is 0.101 e. The maximum absolute atomic E-state index is 10.8. The van der Waals surface area contributed by atoms with Gasteiger partial charge in [0.2, 0.25) is 0 Å². The average Bonchev–Trinajstić information content (AvgIpc) is 3.89. The van der Waals surface area contributed by atoms with E-state index >= 15 is 0 Å². The molecule has 11 rings (SSSR count). The molecule has 5 nitrogen and oxygen atoms in total. The van der Waals surface area contributed by atoms with E-state index in [9.17, 15) is 10.5 Å². The van der Waals surface area contributed by atoms with E-state index in [1.54, 1.807) is 0 Å². The van der Waals surface area contributed by atoms with Gasteiger partial charge in [-0.2, -0.15) is 10.5 Å². The van der Waals surface area contributed by atoms with Gasteiger partial charge in [0.25, 0.3) is 0 Å². The van der Waals surface area contributed by atoms with E-state index in [0.717, 1.165) is 82.8 Å². The number of para-hydroxylation sites is 6. The molecule has 0 aliphatic rings. The molecule has 0 aliphatic carbocycles. The summed E-state index contributed by atoms with van der Waals surface area (Å²) in [6.07, 6.45) is 0. The Morgan fingerprint density at radius 3 is 1.53 bits per heavy atom. The molecule has 11 aromatic rings. The first kappa shape index (κ1) is 30.7. The quantitative estimate of drug-likeness (QED) is 0.184. The SMILES string of the molecule is N#Cc1cccc(-c2ccccc2-n2c3ccccc3c3c(C#N)cccc32)c1-n1c2ccccc2c2cc(-n3c4ccccc4c4ccccc43)ccc21. The Bertz CT molecular complexity index is 3420. The Morgan fingerprint density at radius 2 is 0.836 bits per heavy atom. The van der Waals surface area contributed by atoms with Gasteiger partial charge in [0.05, 0.1) is 61.7 Å². The Morgan fingerprint density at radius 1 is 0.345 bits per heavy atom. The lowest BCUT2D eigenvalue weighted by atomic mass is 9.98. The highest BCUT2D eigenvalue weighted by molar-refractivity contribution is 6.14. The molecule has 5 heteroatoms. The summed E-state index contributed by atoms with van der Waals surface area (Å²) in [5.74, 6) is 0. The van der Waals surface area contributed by atoms with Crippen LogP contribution < -0.4 is 0 Å². The maximum atomic E-state index is 10.8. The number of hydrogen-bond acceptors (Lipinski definition) is 2. The van der Waals surface area contributed by atoms with Gasteiger partial charge < -0.3 is 13.7 Å². The highest BCUT2D eigenvalue weighted by atomic mass is 15.0. The average molecular weight is 700 g/mol. The predicted octanol–water partition coefficient (Wildman–Crippen LogP) is 12.4. The van der Waals surface area contributed by atoms with E-state index in [2.05, 4.69) is 165 Å². The van der Waals surface area contributed by atoms with Crippen molar-refractivity contribution in [2.75, 3.05) is 0 Å². The fourth-order valence-corrected chi connectivity index (χ4v) is 8.90. The number of rotatable bonds is 4. The summed E-state index contributed by atoms with van der Waals surface area (Å²) in [6.45, 7) is 0. The fourth-order valence-electron chi connectivity index (χ4n) is 8.90. The zero-order valence-corrected chi connectivity index (χ0v) is 29.5. The molecule has 0 spiro atoms. The normalized spacial score (nSPS) is 11.6. The minimum Gasteiger partial charge on any atom is -0.309 e. The Hall–Kier alpha value is -7.86. The molecule has 254 valence electrons. The molecule has 0 radical (unpaired) electrons. The molecular weight excluding hydrogens is 671 g/mol. The minimum atomic E-state index is 0.579. The highest BCUT2D eigenvalue weighted by Gasteiger charge is 2.23. The molecule has 0 aliphatic heterocycles. The first-order valence-corrected chi connectivity index (χ1v) is 18.3. The number of hydrogen-bond donors (Lipinski definition) is 0. The third kappa shape index (κ3) is 4.33. The second kappa shape index (κ2) is 11.8. The monoisotopic (exact) mass is 699 g/mol. The predicted molar refractivity (Wildman–Crippen MR) is 224 cm³/mol. The molecule has 0 amide bonds. The van der Waals surface area contributed by atoms with Crippen LogP contribution in [0.1, 0.15) is 11.1 Å². The molecule has 0 saturated carbocycles. The number of aromatic nitrogens is 3. The largest absolute Gasteiger partial charge is 0.309 e. The summed E-state index contributed by atoms with van der Waals surface area (Å²) in [5, 5.41) is 27.6. The van der Waals surface area contributed by atoms with Crippen molar-refractivity contribution in [1.82, 2.24) is 13.7 Å². The zero-order valence-electron chi connectivity index (χ0n) is 29.5. The molecule has 55 heavy (non-hydrogen) atoms.